The van der Waals surface area contributed by atoms with E-state index in [-0.39, 0.29) is 5.78 Å². The largest absolute Gasteiger partial charge is 0.317 e. The first-order valence-corrected chi connectivity index (χ1v) is 7.41. The summed E-state index contributed by atoms with van der Waals surface area (Å²) in [4.78, 5) is 16.6. The van der Waals surface area contributed by atoms with Crippen LogP contribution in [0.4, 0.5) is 0 Å². The van der Waals surface area contributed by atoms with Crippen LogP contribution in [0, 0.1) is 5.92 Å². The van der Waals surface area contributed by atoms with Crippen molar-refractivity contribution in [1.29, 1.82) is 0 Å². The topological polar surface area (TPSA) is 42.0 Å². The number of Topliss-reactive ketones (excluding diaryl/α,β-unsaturated/α-hetero) is 1. The Morgan fingerprint density at radius 3 is 2.90 bits per heavy atom. The number of carbonyl (C=O) groups excluding carboxylic acids is 1. The minimum Gasteiger partial charge on any atom is -0.317 e. The summed E-state index contributed by atoms with van der Waals surface area (Å²) >= 11 is 0. The molecule has 1 saturated heterocycles. The van der Waals surface area contributed by atoms with Crippen LogP contribution in [0.5, 0.6) is 0 Å². The second kappa shape index (κ2) is 6.14. The molecule has 0 radical (unpaired) electrons. The van der Waals surface area contributed by atoms with Gasteiger partial charge in [-0.3, -0.25) is 9.78 Å². The van der Waals surface area contributed by atoms with Crippen LogP contribution in [0.25, 0.3) is 10.9 Å². The summed E-state index contributed by atoms with van der Waals surface area (Å²) in [5.74, 6) is 0.926. The number of carbonyl (C=O) groups is 1. The molecular weight excluding hydrogens is 248 g/mol. The van der Waals surface area contributed by atoms with Crippen LogP contribution in [0.3, 0.4) is 0 Å². The van der Waals surface area contributed by atoms with Crippen molar-refractivity contribution >= 4 is 16.7 Å². The van der Waals surface area contributed by atoms with E-state index in [1.807, 2.05) is 30.3 Å². The summed E-state index contributed by atoms with van der Waals surface area (Å²) < 4.78 is 0. The molecule has 0 unspecified atom stereocenters. The highest BCUT2D eigenvalue weighted by Gasteiger charge is 2.15. The van der Waals surface area contributed by atoms with Crippen LogP contribution in [-0.2, 0) is 0 Å². The molecule has 2 aromatic rings. The van der Waals surface area contributed by atoms with E-state index < -0.39 is 0 Å². The summed E-state index contributed by atoms with van der Waals surface area (Å²) in [7, 11) is 0. The number of nitrogens with one attached hydrogen (secondary N) is 1. The quantitative estimate of drug-likeness (QED) is 0.866. The second-order valence-electron chi connectivity index (χ2n) is 5.57. The zero-order chi connectivity index (χ0) is 13.8. The lowest BCUT2D eigenvalue weighted by atomic mass is 9.91. The number of ketones is 1. The zero-order valence-corrected chi connectivity index (χ0v) is 11.6. The van der Waals surface area contributed by atoms with Crippen LogP contribution in [0.1, 0.15) is 36.0 Å². The Morgan fingerprint density at radius 2 is 2.05 bits per heavy atom. The van der Waals surface area contributed by atoms with E-state index in [0.717, 1.165) is 36.0 Å². The Bertz CT molecular complexity index is 603. The molecule has 3 heteroatoms. The molecule has 0 saturated carbocycles. The lowest BCUT2D eigenvalue weighted by Crippen LogP contribution is -2.28. The number of piperidine rings is 1. The maximum absolute atomic E-state index is 12.3. The first-order chi connectivity index (χ1) is 9.83. The maximum Gasteiger partial charge on any atom is 0.164 e. The van der Waals surface area contributed by atoms with Gasteiger partial charge in [0.2, 0.25) is 0 Å². The number of para-hydroxylation sites is 1. The molecule has 3 rings (SSSR count). The molecule has 1 N–H and O–H groups in total. The van der Waals surface area contributed by atoms with Crippen molar-refractivity contribution < 1.29 is 4.79 Å². The third-order valence-electron chi connectivity index (χ3n) is 4.15. The molecule has 0 aliphatic carbocycles. The molecule has 1 aromatic heterocycles. The summed E-state index contributed by atoms with van der Waals surface area (Å²) in [5.41, 5.74) is 1.69. The number of benzene rings is 1. The molecule has 0 spiro atoms. The number of rotatable bonds is 4. The molecule has 0 amide bonds. The van der Waals surface area contributed by atoms with E-state index in [0.29, 0.717) is 12.3 Å². The highest BCUT2D eigenvalue weighted by atomic mass is 16.1. The molecule has 0 bridgehead atoms. The molecule has 20 heavy (non-hydrogen) atoms. The fourth-order valence-electron chi connectivity index (χ4n) is 2.87. The molecule has 1 aliphatic heterocycles. The zero-order valence-electron chi connectivity index (χ0n) is 11.6. The standard InChI is InChI=1S/C17H20N2O/c20-17(6-5-13-7-9-18-10-8-13)15-11-14-3-1-2-4-16(14)19-12-15/h1-4,11-13,18H,5-10H2. The predicted octanol–water partition coefficient (Wildman–Crippen LogP) is 3.20. The highest BCUT2D eigenvalue weighted by molar-refractivity contribution is 5.98. The first kappa shape index (κ1) is 13.3. The second-order valence-corrected chi connectivity index (χ2v) is 5.57. The van der Waals surface area contributed by atoms with Crippen molar-refractivity contribution in [2.24, 2.45) is 5.92 Å². The number of aromatic nitrogens is 1. The molecule has 2 heterocycles. The first-order valence-electron chi connectivity index (χ1n) is 7.41. The fraction of sp³-hybridized carbons (Fsp3) is 0.412. The average molecular weight is 268 g/mol. The van der Waals surface area contributed by atoms with Crippen LogP contribution >= 0.6 is 0 Å². The number of fused-ring (bicyclic) bond motifs is 1. The lowest BCUT2D eigenvalue weighted by molar-refractivity contribution is 0.0970. The van der Waals surface area contributed by atoms with Crippen molar-refractivity contribution in [2.45, 2.75) is 25.7 Å². The van der Waals surface area contributed by atoms with Crippen molar-refractivity contribution in [3.8, 4) is 0 Å². The molecule has 0 atom stereocenters. The minimum atomic E-state index is 0.224. The van der Waals surface area contributed by atoms with Crippen molar-refractivity contribution in [2.75, 3.05) is 13.1 Å². The molecule has 1 aliphatic rings. The van der Waals surface area contributed by atoms with E-state index in [1.165, 1.54) is 12.8 Å². The average Bonchev–Trinajstić information content (AvgIpc) is 2.53. The monoisotopic (exact) mass is 268 g/mol. The Hall–Kier alpha value is -1.74. The molecule has 1 aromatic carbocycles. The number of hydrogen-bond acceptors (Lipinski definition) is 3. The van der Waals surface area contributed by atoms with Gasteiger partial charge in [0.25, 0.3) is 0 Å². The Morgan fingerprint density at radius 1 is 1.25 bits per heavy atom. The fourth-order valence-corrected chi connectivity index (χ4v) is 2.87. The SMILES string of the molecule is O=C(CCC1CCNCC1)c1cnc2ccccc2c1. The van der Waals surface area contributed by atoms with Gasteiger partial charge in [-0.2, -0.15) is 0 Å². The number of nitrogens with zero attached hydrogens (tertiary/aromatic N) is 1. The highest BCUT2D eigenvalue weighted by Crippen LogP contribution is 2.20. The van der Waals surface area contributed by atoms with Gasteiger partial charge in [0.1, 0.15) is 0 Å². The number of pyridine rings is 1. The van der Waals surface area contributed by atoms with Gasteiger partial charge in [-0.25, -0.2) is 0 Å². The van der Waals surface area contributed by atoms with Crippen LogP contribution in [0.2, 0.25) is 0 Å². The van der Waals surface area contributed by atoms with E-state index >= 15 is 0 Å². The predicted molar refractivity (Wildman–Crippen MR) is 80.9 cm³/mol. The van der Waals surface area contributed by atoms with Crippen LogP contribution in [-0.4, -0.2) is 23.9 Å². The van der Waals surface area contributed by atoms with Gasteiger partial charge in [0.15, 0.2) is 5.78 Å². The number of hydrogen-bond donors (Lipinski definition) is 1. The van der Waals surface area contributed by atoms with E-state index in [2.05, 4.69) is 10.3 Å². The van der Waals surface area contributed by atoms with E-state index in [4.69, 9.17) is 0 Å². The maximum atomic E-state index is 12.3. The van der Waals surface area contributed by atoms with Gasteiger partial charge >= 0.3 is 0 Å². The summed E-state index contributed by atoms with van der Waals surface area (Å²) in [6.07, 6.45) is 5.76. The van der Waals surface area contributed by atoms with Gasteiger partial charge in [-0.1, -0.05) is 18.2 Å². The van der Waals surface area contributed by atoms with Crippen LogP contribution < -0.4 is 5.32 Å². The lowest BCUT2D eigenvalue weighted by Gasteiger charge is -2.22. The van der Waals surface area contributed by atoms with Crippen molar-refractivity contribution in [3.63, 3.8) is 0 Å². The summed E-state index contributed by atoms with van der Waals surface area (Å²) in [5, 5.41) is 4.40. The van der Waals surface area contributed by atoms with Gasteiger partial charge < -0.3 is 5.32 Å². The van der Waals surface area contributed by atoms with Gasteiger partial charge in [-0.15, -0.1) is 0 Å². The van der Waals surface area contributed by atoms with E-state index in [9.17, 15) is 4.79 Å². The molecule has 104 valence electrons. The van der Waals surface area contributed by atoms with E-state index in [1.54, 1.807) is 6.20 Å². The Labute approximate surface area is 119 Å². The smallest absolute Gasteiger partial charge is 0.164 e. The Kier molecular flexibility index (Phi) is 4.07. The normalized spacial score (nSPS) is 16.4. The minimum absolute atomic E-state index is 0.224. The van der Waals surface area contributed by atoms with Gasteiger partial charge in [-0.05, 0) is 50.4 Å². The van der Waals surface area contributed by atoms with Crippen LogP contribution in [0.15, 0.2) is 36.5 Å². The Balaban J connectivity index is 1.65. The van der Waals surface area contributed by atoms with Gasteiger partial charge in [0.05, 0.1) is 5.52 Å². The van der Waals surface area contributed by atoms with Crippen molar-refractivity contribution in [3.05, 3.63) is 42.1 Å². The summed E-state index contributed by atoms with van der Waals surface area (Å²) in [6, 6.07) is 9.89. The molecular formula is C17H20N2O. The third kappa shape index (κ3) is 3.05. The molecule has 1 fully saturated rings. The molecule has 3 nitrogen and oxygen atoms in total. The van der Waals surface area contributed by atoms with Gasteiger partial charge in [0, 0.05) is 23.6 Å². The third-order valence-corrected chi connectivity index (χ3v) is 4.15. The van der Waals surface area contributed by atoms with Crippen molar-refractivity contribution in [1.82, 2.24) is 10.3 Å². The summed E-state index contributed by atoms with van der Waals surface area (Å²) in [6.45, 7) is 2.19.